The van der Waals surface area contributed by atoms with E-state index >= 15 is 0 Å². The van der Waals surface area contributed by atoms with E-state index in [4.69, 9.17) is 0 Å². The van der Waals surface area contributed by atoms with Crippen molar-refractivity contribution < 1.29 is 9.72 Å². The Morgan fingerprint density at radius 1 is 1.24 bits per heavy atom. The van der Waals surface area contributed by atoms with Gasteiger partial charge in [0.05, 0.1) is 21.2 Å². The van der Waals surface area contributed by atoms with Gasteiger partial charge in [-0.3, -0.25) is 14.9 Å². The number of para-hydroxylation sites is 1. The Morgan fingerprint density at radius 2 is 2.08 bits per heavy atom. The molecule has 1 saturated heterocycles. The Kier molecular flexibility index (Phi) is 3.93. The number of hydrogen-bond acceptors (Lipinski definition) is 5. The van der Waals surface area contributed by atoms with E-state index in [1.54, 1.807) is 28.4 Å². The minimum Gasteiger partial charge on any atom is -0.329 e. The number of thiazole rings is 1. The molecule has 2 aromatic carbocycles. The summed E-state index contributed by atoms with van der Waals surface area (Å²) < 4.78 is 1.10. The standard InChI is InChI=1S/C18H15N3O3S/c22-18(12-5-3-6-13(11-12)21(23)24)20-10-4-8-15(20)17-19-14-7-1-2-9-16(14)25-17/h1-3,5-7,9,11,15H,4,8,10H2. The van der Waals surface area contributed by atoms with Gasteiger partial charge in [0.25, 0.3) is 11.6 Å². The van der Waals surface area contributed by atoms with Gasteiger partial charge in [-0.25, -0.2) is 4.98 Å². The molecule has 0 saturated carbocycles. The number of aromatic nitrogens is 1. The van der Waals surface area contributed by atoms with Crippen molar-refractivity contribution in [1.82, 2.24) is 9.88 Å². The molecule has 1 aliphatic heterocycles. The zero-order chi connectivity index (χ0) is 17.4. The third-order valence-corrected chi connectivity index (χ3v) is 5.55. The van der Waals surface area contributed by atoms with Crippen LogP contribution in [-0.2, 0) is 0 Å². The second-order valence-electron chi connectivity index (χ2n) is 5.98. The van der Waals surface area contributed by atoms with Gasteiger partial charge in [0.15, 0.2) is 0 Å². The van der Waals surface area contributed by atoms with Gasteiger partial charge >= 0.3 is 0 Å². The third-order valence-electron chi connectivity index (χ3n) is 4.41. The van der Waals surface area contributed by atoms with Crippen molar-refractivity contribution in [2.24, 2.45) is 0 Å². The lowest BCUT2D eigenvalue weighted by molar-refractivity contribution is -0.384. The molecule has 0 N–H and O–H groups in total. The van der Waals surface area contributed by atoms with Gasteiger partial charge < -0.3 is 4.90 Å². The van der Waals surface area contributed by atoms with Gasteiger partial charge in [-0.15, -0.1) is 11.3 Å². The SMILES string of the molecule is O=C(c1cccc([N+](=O)[O-])c1)N1CCCC1c1nc2ccccc2s1. The van der Waals surface area contributed by atoms with Crippen molar-refractivity contribution in [2.75, 3.05) is 6.54 Å². The first-order valence-electron chi connectivity index (χ1n) is 8.04. The highest BCUT2D eigenvalue weighted by Crippen LogP contribution is 2.37. The van der Waals surface area contributed by atoms with E-state index in [1.807, 2.05) is 24.3 Å². The van der Waals surface area contributed by atoms with Crippen LogP contribution < -0.4 is 0 Å². The summed E-state index contributed by atoms with van der Waals surface area (Å²) in [6, 6.07) is 13.8. The first kappa shape index (κ1) is 15.7. The number of hydrogen-bond donors (Lipinski definition) is 0. The summed E-state index contributed by atoms with van der Waals surface area (Å²) in [5.41, 5.74) is 1.22. The molecule has 1 fully saturated rings. The summed E-state index contributed by atoms with van der Waals surface area (Å²) in [5.74, 6) is -0.176. The Hall–Kier alpha value is -2.80. The molecule has 1 aliphatic rings. The van der Waals surface area contributed by atoms with Crippen molar-refractivity contribution in [3.63, 3.8) is 0 Å². The van der Waals surface area contributed by atoms with Crippen molar-refractivity contribution in [1.29, 1.82) is 0 Å². The van der Waals surface area contributed by atoms with Crippen LogP contribution in [0.5, 0.6) is 0 Å². The molecule has 0 aliphatic carbocycles. The number of non-ortho nitro benzene ring substituents is 1. The van der Waals surface area contributed by atoms with Crippen molar-refractivity contribution in [3.8, 4) is 0 Å². The third kappa shape index (κ3) is 2.87. The van der Waals surface area contributed by atoms with E-state index in [0.29, 0.717) is 12.1 Å². The normalized spacial score (nSPS) is 17.1. The predicted molar refractivity (Wildman–Crippen MR) is 95.7 cm³/mol. The lowest BCUT2D eigenvalue weighted by Gasteiger charge is -2.23. The van der Waals surface area contributed by atoms with Gasteiger partial charge in [-0.2, -0.15) is 0 Å². The Balaban J connectivity index is 1.65. The van der Waals surface area contributed by atoms with Crippen LogP contribution in [0.2, 0.25) is 0 Å². The van der Waals surface area contributed by atoms with Crippen LogP contribution in [0, 0.1) is 10.1 Å². The lowest BCUT2D eigenvalue weighted by Crippen LogP contribution is -2.30. The van der Waals surface area contributed by atoms with Crippen LogP contribution in [0.1, 0.15) is 34.2 Å². The summed E-state index contributed by atoms with van der Waals surface area (Å²) in [4.78, 5) is 29.8. The molecular formula is C18H15N3O3S. The molecular weight excluding hydrogens is 338 g/mol. The van der Waals surface area contributed by atoms with Gasteiger partial charge in [0, 0.05) is 24.2 Å². The van der Waals surface area contributed by atoms with E-state index in [9.17, 15) is 14.9 Å². The number of carbonyl (C=O) groups is 1. The number of rotatable bonds is 3. The fraction of sp³-hybridized carbons (Fsp3) is 0.222. The first-order valence-corrected chi connectivity index (χ1v) is 8.86. The second-order valence-corrected chi connectivity index (χ2v) is 7.05. The highest BCUT2D eigenvalue weighted by Gasteiger charge is 2.33. The van der Waals surface area contributed by atoms with E-state index in [1.165, 1.54) is 12.1 Å². The maximum absolute atomic E-state index is 12.9. The van der Waals surface area contributed by atoms with Crippen LogP contribution in [-0.4, -0.2) is 27.3 Å². The summed E-state index contributed by atoms with van der Waals surface area (Å²) in [6.07, 6.45) is 1.77. The van der Waals surface area contributed by atoms with E-state index in [2.05, 4.69) is 4.98 Å². The fourth-order valence-corrected chi connectivity index (χ4v) is 4.33. The number of benzene rings is 2. The maximum Gasteiger partial charge on any atom is 0.270 e. The summed E-state index contributed by atoms with van der Waals surface area (Å²) >= 11 is 1.61. The number of carbonyl (C=O) groups excluding carboxylic acids is 1. The molecule has 1 unspecified atom stereocenters. The molecule has 0 radical (unpaired) electrons. The molecule has 1 amide bonds. The molecule has 7 heteroatoms. The molecule has 0 spiro atoms. The lowest BCUT2D eigenvalue weighted by atomic mass is 10.1. The fourth-order valence-electron chi connectivity index (χ4n) is 3.22. The predicted octanol–water partition coefficient (Wildman–Crippen LogP) is 4.18. The number of nitro benzene ring substituents is 1. The zero-order valence-electron chi connectivity index (χ0n) is 13.3. The summed E-state index contributed by atoms with van der Waals surface area (Å²) in [5, 5.41) is 11.9. The highest BCUT2D eigenvalue weighted by molar-refractivity contribution is 7.18. The number of nitrogens with zero attached hydrogens (tertiary/aromatic N) is 3. The highest BCUT2D eigenvalue weighted by atomic mass is 32.1. The second kappa shape index (κ2) is 6.25. The van der Waals surface area contributed by atoms with Crippen LogP contribution in [0.3, 0.4) is 0 Å². The van der Waals surface area contributed by atoms with Crippen LogP contribution >= 0.6 is 11.3 Å². The molecule has 126 valence electrons. The largest absolute Gasteiger partial charge is 0.329 e. The Labute approximate surface area is 147 Å². The average Bonchev–Trinajstić information content (AvgIpc) is 3.27. The average molecular weight is 353 g/mol. The first-order chi connectivity index (χ1) is 12.1. The van der Waals surface area contributed by atoms with E-state index in [0.717, 1.165) is 28.1 Å². The van der Waals surface area contributed by atoms with Gasteiger partial charge in [0.2, 0.25) is 0 Å². The summed E-state index contributed by atoms with van der Waals surface area (Å²) in [7, 11) is 0. The van der Waals surface area contributed by atoms with Gasteiger partial charge in [0.1, 0.15) is 5.01 Å². The van der Waals surface area contributed by atoms with Gasteiger partial charge in [-0.05, 0) is 31.0 Å². The molecule has 6 nitrogen and oxygen atoms in total. The van der Waals surface area contributed by atoms with E-state index < -0.39 is 4.92 Å². The topological polar surface area (TPSA) is 76.3 Å². The molecule has 2 heterocycles. The zero-order valence-corrected chi connectivity index (χ0v) is 14.1. The minimum absolute atomic E-state index is 0.0656. The van der Waals surface area contributed by atoms with Crippen molar-refractivity contribution >= 4 is 33.1 Å². The number of fused-ring (bicyclic) bond motifs is 1. The van der Waals surface area contributed by atoms with Crippen molar-refractivity contribution in [2.45, 2.75) is 18.9 Å². The molecule has 3 aromatic rings. The molecule has 25 heavy (non-hydrogen) atoms. The molecule has 1 atom stereocenters. The number of nitro groups is 1. The van der Waals surface area contributed by atoms with Crippen LogP contribution in [0.4, 0.5) is 5.69 Å². The van der Waals surface area contributed by atoms with Crippen LogP contribution in [0.15, 0.2) is 48.5 Å². The molecule has 0 bridgehead atoms. The van der Waals surface area contributed by atoms with E-state index in [-0.39, 0.29) is 17.6 Å². The number of amides is 1. The van der Waals surface area contributed by atoms with Gasteiger partial charge in [-0.1, -0.05) is 18.2 Å². The monoisotopic (exact) mass is 353 g/mol. The maximum atomic E-state index is 12.9. The minimum atomic E-state index is -0.480. The van der Waals surface area contributed by atoms with Crippen molar-refractivity contribution in [3.05, 3.63) is 69.2 Å². The molecule has 1 aromatic heterocycles. The molecule has 4 rings (SSSR count). The number of likely N-dealkylation sites (tertiary alicyclic amines) is 1. The Morgan fingerprint density at radius 3 is 2.88 bits per heavy atom. The quantitative estimate of drug-likeness (QED) is 0.523. The smallest absolute Gasteiger partial charge is 0.270 e. The summed E-state index contributed by atoms with van der Waals surface area (Å²) in [6.45, 7) is 0.641. The van der Waals surface area contributed by atoms with Crippen LogP contribution in [0.25, 0.3) is 10.2 Å². The Bertz CT molecular complexity index is 936.